The van der Waals surface area contributed by atoms with Crippen LogP contribution in [0.4, 0.5) is 0 Å². The van der Waals surface area contributed by atoms with Gasteiger partial charge in [-0.2, -0.15) is 0 Å². The lowest BCUT2D eigenvalue weighted by molar-refractivity contribution is -0.137. The number of ether oxygens (including phenoxy) is 4. The second-order valence-corrected chi connectivity index (χ2v) is 8.58. The minimum atomic E-state index is -0.456. The maximum Gasteiger partial charge on any atom is 0.260 e. The SMILES string of the molecule is COc1cc([C@@H]2NC(=S)NC(C)=C2C(=O)N2CCOCC2)ccc1OCC(=O)N1CCOCC1. The van der Waals surface area contributed by atoms with Gasteiger partial charge in [-0.1, -0.05) is 6.07 Å². The van der Waals surface area contributed by atoms with Gasteiger partial charge in [0.2, 0.25) is 0 Å². The molecule has 0 bridgehead atoms. The summed E-state index contributed by atoms with van der Waals surface area (Å²) >= 11 is 5.37. The molecule has 1 aromatic carbocycles. The number of hydrogen-bond acceptors (Lipinski definition) is 7. The van der Waals surface area contributed by atoms with Crippen molar-refractivity contribution in [3.63, 3.8) is 0 Å². The van der Waals surface area contributed by atoms with Crippen LogP contribution in [0.15, 0.2) is 29.5 Å². The van der Waals surface area contributed by atoms with Crippen molar-refractivity contribution in [2.45, 2.75) is 13.0 Å². The third-order valence-corrected chi connectivity index (χ3v) is 6.25. The van der Waals surface area contributed by atoms with Crippen molar-refractivity contribution in [2.75, 3.05) is 66.3 Å². The number of carbonyl (C=O) groups is 2. The molecule has 3 aliphatic rings. The largest absolute Gasteiger partial charge is 0.493 e. The Labute approximate surface area is 204 Å². The normalized spacial score (nSPS) is 21.0. The first-order chi connectivity index (χ1) is 16.5. The first kappa shape index (κ1) is 24.2. The van der Waals surface area contributed by atoms with Crippen molar-refractivity contribution in [1.82, 2.24) is 20.4 Å². The zero-order chi connectivity index (χ0) is 24.1. The van der Waals surface area contributed by atoms with Crippen LogP contribution in [0.25, 0.3) is 0 Å². The fourth-order valence-corrected chi connectivity index (χ4v) is 4.46. The molecule has 0 saturated carbocycles. The Morgan fingerprint density at radius 3 is 2.35 bits per heavy atom. The first-order valence-electron chi connectivity index (χ1n) is 11.3. The number of allylic oxidation sites excluding steroid dienone is 1. The molecule has 0 aromatic heterocycles. The number of methoxy groups -OCH3 is 1. The monoisotopic (exact) mass is 490 g/mol. The molecule has 1 aromatic rings. The highest BCUT2D eigenvalue weighted by Crippen LogP contribution is 2.35. The van der Waals surface area contributed by atoms with Crippen molar-refractivity contribution < 1.29 is 28.5 Å². The number of rotatable bonds is 6. The van der Waals surface area contributed by atoms with Gasteiger partial charge in [-0.05, 0) is 36.8 Å². The van der Waals surface area contributed by atoms with E-state index in [0.717, 1.165) is 5.56 Å². The summed E-state index contributed by atoms with van der Waals surface area (Å²) in [5.41, 5.74) is 2.10. The molecule has 0 aliphatic carbocycles. The molecule has 0 unspecified atom stereocenters. The number of nitrogens with one attached hydrogen (secondary N) is 2. The molecule has 0 spiro atoms. The second-order valence-electron chi connectivity index (χ2n) is 8.17. The fraction of sp³-hybridized carbons (Fsp3) is 0.522. The topological polar surface area (TPSA) is 102 Å². The summed E-state index contributed by atoms with van der Waals surface area (Å²) in [7, 11) is 1.54. The van der Waals surface area contributed by atoms with E-state index in [0.29, 0.717) is 80.5 Å². The Kier molecular flexibility index (Phi) is 7.86. The van der Waals surface area contributed by atoms with Gasteiger partial charge in [0, 0.05) is 31.9 Å². The molecule has 10 nitrogen and oxygen atoms in total. The molecule has 2 N–H and O–H groups in total. The smallest absolute Gasteiger partial charge is 0.260 e. The van der Waals surface area contributed by atoms with Gasteiger partial charge in [-0.25, -0.2) is 0 Å². The summed E-state index contributed by atoms with van der Waals surface area (Å²) in [6, 6.07) is 4.95. The zero-order valence-corrected chi connectivity index (χ0v) is 20.2. The highest BCUT2D eigenvalue weighted by Gasteiger charge is 2.33. The van der Waals surface area contributed by atoms with Crippen LogP contribution >= 0.6 is 12.2 Å². The van der Waals surface area contributed by atoms with Gasteiger partial charge < -0.3 is 39.4 Å². The third-order valence-electron chi connectivity index (χ3n) is 6.03. The highest BCUT2D eigenvalue weighted by molar-refractivity contribution is 7.80. The molecule has 3 heterocycles. The molecule has 2 fully saturated rings. The number of thiocarbonyl (C=S) groups is 1. The van der Waals surface area contributed by atoms with E-state index in [2.05, 4.69) is 10.6 Å². The van der Waals surface area contributed by atoms with Gasteiger partial charge in [0.05, 0.1) is 45.2 Å². The van der Waals surface area contributed by atoms with Crippen LogP contribution < -0.4 is 20.1 Å². The minimum Gasteiger partial charge on any atom is -0.493 e. The van der Waals surface area contributed by atoms with Crippen molar-refractivity contribution >= 4 is 29.1 Å². The Morgan fingerprint density at radius 1 is 1.06 bits per heavy atom. The number of amides is 2. The van der Waals surface area contributed by atoms with Crippen LogP contribution in [0.2, 0.25) is 0 Å². The molecule has 1 atom stereocenters. The lowest BCUT2D eigenvalue weighted by Gasteiger charge is -2.35. The van der Waals surface area contributed by atoms with Crippen molar-refractivity contribution in [3.05, 3.63) is 35.0 Å². The Bertz CT molecular complexity index is 972. The summed E-state index contributed by atoms with van der Waals surface area (Å²) in [5, 5.41) is 6.72. The number of benzene rings is 1. The van der Waals surface area contributed by atoms with Crippen LogP contribution in [0, 0.1) is 0 Å². The molecule has 0 radical (unpaired) electrons. The van der Waals surface area contributed by atoms with Gasteiger partial charge in [-0.3, -0.25) is 9.59 Å². The van der Waals surface area contributed by atoms with E-state index in [1.54, 1.807) is 21.9 Å². The predicted molar refractivity (Wildman–Crippen MR) is 128 cm³/mol. The van der Waals surface area contributed by atoms with Gasteiger partial charge in [0.25, 0.3) is 11.8 Å². The summed E-state index contributed by atoms with van der Waals surface area (Å²) < 4.78 is 22.0. The Morgan fingerprint density at radius 2 is 1.71 bits per heavy atom. The van der Waals surface area contributed by atoms with E-state index in [1.807, 2.05) is 13.0 Å². The molecule has 4 rings (SSSR count). The van der Waals surface area contributed by atoms with E-state index in [4.69, 9.17) is 31.2 Å². The summed E-state index contributed by atoms with van der Waals surface area (Å²) in [6.45, 7) is 6.07. The highest BCUT2D eigenvalue weighted by atomic mass is 32.1. The van der Waals surface area contributed by atoms with Gasteiger partial charge in [0.1, 0.15) is 0 Å². The van der Waals surface area contributed by atoms with Crippen LogP contribution in [0.5, 0.6) is 11.5 Å². The van der Waals surface area contributed by atoms with E-state index in [1.165, 1.54) is 7.11 Å². The molecule has 2 amide bonds. The van der Waals surface area contributed by atoms with E-state index in [-0.39, 0.29) is 18.4 Å². The van der Waals surface area contributed by atoms with Crippen LogP contribution in [0.3, 0.4) is 0 Å². The summed E-state index contributed by atoms with van der Waals surface area (Å²) in [6.07, 6.45) is 0. The minimum absolute atomic E-state index is 0.0660. The average molecular weight is 491 g/mol. The summed E-state index contributed by atoms with van der Waals surface area (Å²) in [4.78, 5) is 29.3. The molecule has 11 heteroatoms. The third kappa shape index (κ3) is 5.43. The van der Waals surface area contributed by atoms with E-state index >= 15 is 0 Å². The number of hydrogen-bond donors (Lipinski definition) is 2. The quantitative estimate of drug-likeness (QED) is 0.555. The van der Waals surface area contributed by atoms with E-state index < -0.39 is 6.04 Å². The van der Waals surface area contributed by atoms with Crippen LogP contribution in [0.1, 0.15) is 18.5 Å². The van der Waals surface area contributed by atoms with Crippen LogP contribution in [-0.2, 0) is 19.1 Å². The molecule has 3 aliphatic heterocycles. The van der Waals surface area contributed by atoms with Crippen LogP contribution in [-0.4, -0.2) is 93.0 Å². The van der Waals surface area contributed by atoms with Crippen molar-refractivity contribution in [3.8, 4) is 11.5 Å². The van der Waals surface area contributed by atoms with Gasteiger partial charge in [-0.15, -0.1) is 0 Å². The zero-order valence-electron chi connectivity index (χ0n) is 19.4. The maximum atomic E-state index is 13.4. The standard InChI is InChI=1S/C23H30N4O6S/c1-15-20(22(29)27-7-11-32-12-8-27)21(25-23(34)24-15)16-3-4-17(18(13-16)30-2)33-14-19(28)26-5-9-31-10-6-26/h3-4,13,21H,5-12,14H2,1-2H3,(H2,24,25,34)/t21-/m0/s1. The molecular formula is C23H30N4O6S. The second kappa shape index (κ2) is 11.0. The number of nitrogens with zero attached hydrogens (tertiary/aromatic N) is 2. The van der Waals surface area contributed by atoms with Gasteiger partial charge >= 0.3 is 0 Å². The molecule has 34 heavy (non-hydrogen) atoms. The van der Waals surface area contributed by atoms with Crippen molar-refractivity contribution in [1.29, 1.82) is 0 Å². The first-order valence-corrected chi connectivity index (χ1v) is 11.7. The lowest BCUT2D eigenvalue weighted by atomic mass is 9.94. The summed E-state index contributed by atoms with van der Waals surface area (Å²) in [5.74, 6) is 0.751. The lowest BCUT2D eigenvalue weighted by Crippen LogP contribution is -2.49. The molecule has 2 saturated heterocycles. The molecular weight excluding hydrogens is 460 g/mol. The Hall–Kier alpha value is -2.89. The van der Waals surface area contributed by atoms with Crippen molar-refractivity contribution in [2.24, 2.45) is 0 Å². The molecule has 184 valence electrons. The number of carbonyl (C=O) groups excluding carboxylic acids is 2. The number of morpholine rings is 2. The maximum absolute atomic E-state index is 13.4. The predicted octanol–water partition coefficient (Wildman–Crippen LogP) is 0.584. The fourth-order valence-electron chi connectivity index (χ4n) is 4.19. The Balaban J connectivity index is 1.53. The van der Waals surface area contributed by atoms with Gasteiger partial charge in [0.15, 0.2) is 23.2 Å². The van der Waals surface area contributed by atoms with E-state index in [9.17, 15) is 9.59 Å². The average Bonchev–Trinajstić information content (AvgIpc) is 2.87.